The van der Waals surface area contributed by atoms with Crippen LogP contribution in [0.1, 0.15) is 22.7 Å². The molecular weight excluding hydrogens is 416 g/mol. The normalized spacial score (nSPS) is 13.2. The molecule has 6 nitrogen and oxygen atoms in total. The van der Waals surface area contributed by atoms with Crippen molar-refractivity contribution in [3.8, 4) is 11.1 Å². The molecule has 1 aliphatic carbocycles. The van der Waals surface area contributed by atoms with Crippen LogP contribution < -0.4 is 5.32 Å². The standard InChI is InChI=1S/C27H22N2O4/c30-26(31)25(14-19-13-17-7-1-2-8-18(17)15-28-19)29-27(32)33-16-24-22-11-5-3-9-20(22)21-10-4-6-12-23(21)24/h1-13,15,24-25H,14,16H2,(H,29,32)(H,30,31)/t25-/m1/s1. The maximum absolute atomic E-state index is 12.5. The lowest BCUT2D eigenvalue weighted by Gasteiger charge is -2.17. The maximum atomic E-state index is 12.5. The summed E-state index contributed by atoms with van der Waals surface area (Å²) in [5, 5.41) is 14.1. The zero-order chi connectivity index (χ0) is 22.8. The summed E-state index contributed by atoms with van der Waals surface area (Å²) in [7, 11) is 0. The number of aromatic nitrogens is 1. The summed E-state index contributed by atoms with van der Waals surface area (Å²) in [6.45, 7) is 0.125. The Morgan fingerprint density at radius 2 is 1.52 bits per heavy atom. The minimum absolute atomic E-state index is 0.0599. The molecule has 0 saturated heterocycles. The lowest BCUT2D eigenvalue weighted by molar-refractivity contribution is -0.139. The number of rotatable bonds is 6. The molecule has 1 heterocycles. The van der Waals surface area contributed by atoms with E-state index in [0.717, 1.165) is 33.0 Å². The first kappa shape index (κ1) is 20.7. The predicted molar refractivity (Wildman–Crippen MR) is 125 cm³/mol. The summed E-state index contributed by atoms with van der Waals surface area (Å²) in [6, 6.07) is 24.5. The molecule has 0 aliphatic heterocycles. The van der Waals surface area contributed by atoms with E-state index in [-0.39, 0.29) is 18.9 Å². The molecule has 4 aromatic rings. The summed E-state index contributed by atoms with van der Waals surface area (Å²) in [5.74, 6) is -1.23. The van der Waals surface area contributed by atoms with Crippen LogP contribution >= 0.6 is 0 Å². The van der Waals surface area contributed by atoms with Crippen molar-refractivity contribution in [3.63, 3.8) is 0 Å². The van der Waals surface area contributed by atoms with Crippen molar-refractivity contribution in [2.75, 3.05) is 6.61 Å². The summed E-state index contributed by atoms with van der Waals surface area (Å²) >= 11 is 0. The zero-order valence-electron chi connectivity index (χ0n) is 17.8. The fraction of sp³-hybridized carbons (Fsp3) is 0.148. The van der Waals surface area contributed by atoms with Gasteiger partial charge in [0.1, 0.15) is 12.6 Å². The second-order valence-corrected chi connectivity index (χ2v) is 8.09. The summed E-state index contributed by atoms with van der Waals surface area (Å²) in [6.07, 6.45) is 1.01. The summed E-state index contributed by atoms with van der Waals surface area (Å²) < 4.78 is 5.49. The number of aliphatic carboxylic acids is 1. The van der Waals surface area contributed by atoms with E-state index in [4.69, 9.17) is 4.74 Å². The highest BCUT2D eigenvalue weighted by molar-refractivity contribution is 5.83. The molecule has 0 spiro atoms. The summed E-state index contributed by atoms with van der Waals surface area (Å²) in [4.78, 5) is 28.7. The monoisotopic (exact) mass is 438 g/mol. The van der Waals surface area contributed by atoms with Crippen molar-refractivity contribution in [1.82, 2.24) is 10.3 Å². The number of alkyl carbamates (subject to hydrolysis) is 1. The average Bonchev–Trinajstić information content (AvgIpc) is 3.16. The lowest BCUT2D eigenvalue weighted by atomic mass is 9.98. The SMILES string of the molecule is O=C(N[C@H](Cc1cc2ccccc2cn1)C(=O)O)OCC1c2ccccc2-c2ccccc21. The number of pyridine rings is 1. The van der Waals surface area contributed by atoms with Crippen LogP contribution in [0.15, 0.2) is 85.1 Å². The van der Waals surface area contributed by atoms with E-state index in [1.165, 1.54) is 0 Å². The Labute approximate surface area is 190 Å². The minimum atomic E-state index is -1.14. The van der Waals surface area contributed by atoms with Gasteiger partial charge in [-0.05, 0) is 33.7 Å². The number of fused-ring (bicyclic) bond motifs is 4. The molecular formula is C27H22N2O4. The molecule has 33 heavy (non-hydrogen) atoms. The third-order valence-electron chi connectivity index (χ3n) is 6.03. The minimum Gasteiger partial charge on any atom is -0.480 e. The molecule has 3 aromatic carbocycles. The number of hydrogen-bond donors (Lipinski definition) is 2. The number of benzene rings is 3. The Kier molecular flexibility index (Phi) is 5.48. The topological polar surface area (TPSA) is 88.5 Å². The second-order valence-electron chi connectivity index (χ2n) is 8.09. The third-order valence-corrected chi connectivity index (χ3v) is 6.03. The third kappa shape index (κ3) is 4.15. The van der Waals surface area contributed by atoms with Crippen LogP contribution in [0, 0.1) is 0 Å². The van der Waals surface area contributed by atoms with E-state index >= 15 is 0 Å². The predicted octanol–water partition coefficient (Wildman–Crippen LogP) is 4.77. The molecule has 0 bridgehead atoms. The van der Waals surface area contributed by atoms with Crippen LogP contribution in [0.25, 0.3) is 21.9 Å². The van der Waals surface area contributed by atoms with Gasteiger partial charge in [-0.3, -0.25) is 4.98 Å². The van der Waals surface area contributed by atoms with Gasteiger partial charge in [0.25, 0.3) is 0 Å². The fourth-order valence-corrected chi connectivity index (χ4v) is 4.43. The molecule has 1 aliphatic rings. The van der Waals surface area contributed by atoms with Gasteiger partial charge in [-0.2, -0.15) is 0 Å². The van der Waals surface area contributed by atoms with Gasteiger partial charge in [-0.15, -0.1) is 0 Å². The molecule has 164 valence electrons. The van der Waals surface area contributed by atoms with Crippen molar-refractivity contribution < 1.29 is 19.4 Å². The van der Waals surface area contributed by atoms with E-state index in [2.05, 4.69) is 22.4 Å². The molecule has 0 saturated carbocycles. The Morgan fingerprint density at radius 3 is 2.18 bits per heavy atom. The Bertz CT molecular complexity index is 1310. The van der Waals surface area contributed by atoms with Gasteiger partial charge >= 0.3 is 12.1 Å². The van der Waals surface area contributed by atoms with E-state index in [9.17, 15) is 14.7 Å². The number of hydrogen-bond acceptors (Lipinski definition) is 4. The smallest absolute Gasteiger partial charge is 0.407 e. The van der Waals surface area contributed by atoms with Crippen molar-refractivity contribution in [3.05, 3.63) is 102 Å². The van der Waals surface area contributed by atoms with Crippen molar-refractivity contribution in [1.29, 1.82) is 0 Å². The first-order valence-corrected chi connectivity index (χ1v) is 10.8. The number of carboxylic acid groups (broad SMARTS) is 1. The Balaban J connectivity index is 1.27. The summed E-state index contributed by atoms with van der Waals surface area (Å²) in [5.41, 5.74) is 5.05. The van der Waals surface area contributed by atoms with Crippen LogP contribution in [0.5, 0.6) is 0 Å². The molecule has 0 fully saturated rings. The van der Waals surface area contributed by atoms with Gasteiger partial charge < -0.3 is 15.2 Å². The van der Waals surface area contributed by atoms with Crippen LogP contribution in [0.4, 0.5) is 4.79 Å². The molecule has 1 amide bonds. The number of amides is 1. The van der Waals surface area contributed by atoms with Crippen LogP contribution in [-0.2, 0) is 16.0 Å². The van der Waals surface area contributed by atoms with E-state index in [1.807, 2.05) is 66.7 Å². The molecule has 5 rings (SSSR count). The average molecular weight is 438 g/mol. The largest absolute Gasteiger partial charge is 0.480 e. The van der Waals surface area contributed by atoms with Gasteiger partial charge in [-0.25, -0.2) is 9.59 Å². The first-order chi connectivity index (χ1) is 16.1. The number of carbonyl (C=O) groups is 2. The highest BCUT2D eigenvalue weighted by Gasteiger charge is 2.29. The van der Waals surface area contributed by atoms with Gasteiger partial charge in [0.15, 0.2) is 0 Å². The zero-order valence-corrected chi connectivity index (χ0v) is 17.8. The highest BCUT2D eigenvalue weighted by atomic mass is 16.5. The van der Waals surface area contributed by atoms with E-state index < -0.39 is 18.1 Å². The van der Waals surface area contributed by atoms with Crippen LogP contribution in [0.2, 0.25) is 0 Å². The Morgan fingerprint density at radius 1 is 0.909 bits per heavy atom. The number of nitrogens with one attached hydrogen (secondary N) is 1. The number of carbonyl (C=O) groups excluding carboxylic acids is 1. The van der Waals surface area contributed by atoms with Crippen LogP contribution in [0.3, 0.4) is 0 Å². The molecule has 0 radical (unpaired) electrons. The molecule has 2 N–H and O–H groups in total. The number of nitrogens with zero attached hydrogens (tertiary/aromatic N) is 1. The van der Waals surface area contributed by atoms with Gasteiger partial charge in [-0.1, -0.05) is 72.8 Å². The number of carboxylic acids is 1. The van der Waals surface area contributed by atoms with Crippen LogP contribution in [-0.4, -0.2) is 34.8 Å². The first-order valence-electron chi connectivity index (χ1n) is 10.8. The maximum Gasteiger partial charge on any atom is 0.407 e. The van der Waals surface area contributed by atoms with Crippen molar-refractivity contribution in [2.45, 2.75) is 18.4 Å². The van der Waals surface area contributed by atoms with Crippen molar-refractivity contribution >= 4 is 22.8 Å². The van der Waals surface area contributed by atoms with Gasteiger partial charge in [0.05, 0.1) is 0 Å². The quantitative estimate of drug-likeness (QED) is 0.453. The molecule has 1 atom stereocenters. The van der Waals surface area contributed by atoms with Gasteiger partial charge in [0.2, 0.25) is 0 Å². The highest BCUT2D eigenvalue weighted by Crippen LogP contribution is 2.44. The lowest BCUT2D eigenvalue weighted by Crippen LogP contribution is -2.43. The van der Waals surface area contributed by atoms with E-state index in [0.29, 0.717) is 5.69 Å². The number of ether oxygens (including phenoxy) is 1. The van der Waals surface area contributed by atoms with E-state index in [1.54, 1.807) is 6.20 Å². The van der Waals surface area contributed by atoms with Crippen molar-refractivity contribution in [2.24, 2.45) is 0 Å². The molecule has 1 aromatic heterocycles. The molecule has 6 heteroatoms. The second kappa shape index (κ2) is 8.74. The fourth-order valence-electron chi connectivity index (χ4n) is 4.43. The molecule has 0 unspecified atom stereocenters. The van der Waals surface area contributed by atoms with Gasteiger partial charge in [0, 0.05) is 29.6 Å². The Hall–Kier alpha value is -4.19.